The van der Waals surface area contributed by atoms with Gasteiger partial charge in [-0.15, -0.1) is 11.8 Å². The van der Waals surface area contributed by atoms with Gasteiger partial charge in [0, 0.05) is 4.90 Å². The standard InChI is InChI=1S/C9H6ClNO2S/c1-14-7-3-6-4(2-5(7)10)8(12)9(13)11-6/h2-3H,1H3,(H,11,12,13). The molecule has 2 rings (SSSR count). The van der Waals surface area contributed by atoms with Gasteiger partial charge in [0.2, 0.25) is 0 Å². The molecule has 0 fully saturated rings. The maximum Gasteiger partial charge on any atom is 0.296 e. The lowest BCUT2D eigenvalue weighted by Gasteiger charge is -2.03. The second-order valence-corrected chi connectivity index (χ2v) is 4.07. The van der Waals surface area contributed by atoms with Crippen molar-refractivity contribution in [3.63, 3.8) is 0 Å². The van der Waals surface area contributed by atoms with Crippen LogP contribution in [0.5, 0.6) is 0 Å². The Hall–Kier alpha value is -1.00. The number of amides is 1. The lowest BCUT2D eigenvalue weighted by molar-refractivity contribution is -0.112. The summed E-state index contributed by atoms with van der Waals surface area (Å²) in [6.07, 6.45) is 1.88. The summed E-state index contributed by atoms with van der Waals surface area (Å²) in [5, 5.41) is 2.99. The number of carbonyl (C=O) groups is 2. The monoisotopic (exact) mass is 227 g/mol. The van der Waals surface area contributed by atoms with Crippen molar-refractivity contribution in [2.75, 3.05) is 11.6 Å². The first kappa shape index (κ1) is 9.55. The zero-order chi connectivity index (χ0) is 10.3. The largest absolute Gasteiger partial charge is 0.318 e. The van der Waals surface area contributed by atoms with Gasteiger partial charge in [0.25, 0.3) is 11.7 Å². The molecule has 0 bridgehead atoms. The van der Waals surface area contributed by atoms with Gasteiger partial charge >= 0.3 is 0 Å². The average Bonchev–Trinajstić information content (AvgIpc) is 2.43. The third kappa shape index (κ3) is 1.31. The highest BCUT2D eigenvalue weighted by Crippen LogP contribution is 2.33. The van der Waals surface area contributed by atoms with Gasteiger partial charge in [0.1, 0.15) is 0 Å². The molecule has 1 N–H and O–H groups in total. The molecule has 0 saturated heterocycles. The normalized spacial score (nSPS) is 14.1. The molecule has 0 unspecified atom stereocenters. The Kier molecular flexibility index (Phi) is 2.25. The second kappa shape index (κ2) is 3.29. The first-order chi connectivity index (χ1) is 6.63. The van der Waals surface area contributed by atoms with E-state index >= 15 is 0 Å². The Morgan fingerprint density at radius 1 is 1.36 bits per heavy atom. The molecule has 0 aromatic heterocycles. The first-order valence-electron chi connectivity index (χ1n) is 3.86. The highest BCUT2D eigenvalue weighted by Gasteiger charge is 2.28. The molecule has 72 valence electrons. The molecular formula is C9H6ClNO2S. The van der Waals surface area contributed by atoms with E-state index in [1.165, 1.54) is 17.8 Å². The van der Waals surface area contributed by atoms with Gasteiger partial charge in [0.05, 0.1) is 16.3 Å². The molecule has 0 aliphatic carbocycles. The van der Waals surface area contributed by atoms with E-state index in [-0.39, 0.29) is 0 Å². The minimum absolute atomic E-state index is 0.359. The number of carbonyl (C=O) groups excluding carboxylic acids is 2. The predicted molar refractivity (Wildman–Crippen MR) is 56.2 cm³/mol. The highest BCUT2D eigenvalue weighted by atomic mass is 35.5. The summed E-state index contributed by atoms with van der Waals surface area (Å²) < 4.78 is 0. The average molecular weight is 228 g/mol. The number of rotatable bonds is 1. The molecule has 1 aliphatic rings. The molecule has 1 aliphatic heterocycles. The predicted octanol–water partition coefficient (Wildman–Crippen LogP) is 2.20. The number of fused-ring (bicyclic) bond motifs is 1. The maximum atomic E-state index is 11.3. The number of halogens is 1. The molecule has 3 nitrogen and oxygen atoms in total. The van der Waals surface area contributed by atoms with E-state index in [9.17, 15) is 9.59 Å². The van der Waals surface area contributed by atoms with E-state index in [0.29, 0.717) is 16.3 Å². The molecule has 1 heterocycles. The second-order valence-electron chi connectivity index (χ2n) is 2.82. The molecule has 0 radical (unpaired) electrons. The number of ketones is 1. The van der Waals surface area contributed by atoms with Gasteiger partial charge in [0.15, 0.2) is 0 Å². The highest BCUT2D eigenvalue weighted by molar-refractivity contribution is 7.98. The summed E-state index contributed by atoms with van der Waals surface area (Å²) in [6, 6.07) is 3.24. The van der Waals surface area contributed by atoms with Crippen molar-refractivity contribution < 1.29 is 9.59 Å². The fraction of sp³-hybridized carbons (Fsp3) is 0.111. The number of hydrogen-bond donors (Lipinski definition) is 1. The minimum atomic E-state index is -0.589. The fourth-order valence-corrected chi connectivity index (χ4v) is 2.19. The molecule has 0 spiro atoms. The van der Waals surface area contributed by atoms with E-state index in [1.54, 1.807) is 6.07 Å². The Labute approximate surface area is 89.8 Å². The van der Waals surface area contributed by atoms with E-state index in [2.05, 4.69) is 5.32 Å². The van der Waals surface area contributed by atoms with Crippen molar-refractivity contribution in [1.29, 1.82) is 0 Å². The molecule has 0 atom stereocenters. The Morgan fingerprint density at radius 2 is 2.07 bits per heavy atom. The topological polar surface area (TPSA) is 46.2 Å². The van der Waals surface area contributed by atoms with Crippen LogP contribution in [0.3, 0.4) is 0 Å². The molecule has 0 saturated carbocycles. The van der Waals surface area contributed by atoms with Gasteiger partial charge in [-0.1, -0.05) is 11.6 Å². The van der Waals surface area contributed by atoms with Crippen molar-refractivity contribution in [2.45, 2.75) is 4.90 Å². The van der Waals surface area contributed by atoms with Gasteiger partial charge in [-0.2, -0.15) is 0 Å². The van der Waals surface area contributed by atoms with Gasteiger partial charge < -0.3 is 5.32 Å². The summed E-state index contributed by atoms with van der Waals surface area (Å²) in [7, 11) is 0. The van der Waals surface area contributed by atoms with E-state index < -0.39 is 11.7 Å². The van der Waals surface area contributed by atoms with Crippen LogP contribution < -0.4 is 5.32 Å². The van der Waals surface area contributed by atoms with Crippen molar-refractivity contribution in [2.24, 2.45) is 0 Å². The Morgan fingerprint density at radius 3 is 2.71 bits per heavy atom. The van der Waals surface area contributed by atoms with Crippen LogP contribution in [0.2, 0.25) is 5.02 Å². The Bertz CT molecular complexity index is 445. The van der Waals surface area contributed by atoms with Crippen LogP contribution in [0.1, 0.15) is 10.4 Å². The zero-order valence-corrected chi connectivity index (χ0v) is 8.83. The molecule has 1 amide bonds. The quantitative estimate of drug-likeness (QED) is 0.591. The Balaban J connectivity index is 2.60. The van der Waals surface area contributed by atoms with Crippen LogP contribution in [-0.2, 0) is 4.79 Å². The maximum absolute atomic E-state index is 11.3. The van der Waals surface area contributed by atoms with E-state index in [0.717, 1.165) is 4.90 Å². The summed E-state index contributed by atoms with van der Waals surface area (Å²) >= 11 is 7.38. The van der Waals surface area contributed by atoms with E-state index in [4.69, 9.17) is 11.6 Å². The number of hydrogen-bond acceptors (Lipinski definition) is 3. The number of thioether (sulfide) groups is 1. The van der Waals surface area contributed by atoms with Crippen LogP contribution in [-0.4, -0.2) is 17.9 Å². The third-order valence-corrected chi connectivity index (χ3v) is 3.19. The molecule has 1 aromatic carbocycles. The minimum Gasteiger partial charge on any atom is -0.318 e. The zero-order valence-electron chi connectivity index (χ0n) is 7.26. The van der Waals surface area contributed by atoms with Crippen LogP contribution in [0.25, 0.3) is 0 Å². The number of anilines is 1. The van der Waals surface area contributed by atoms with Crippen LogP contribution in [0.4, 0.5) is 5.69 Å². The fourth-order valence-electron chi connectivity index (χ4n) is 1.30. The van der Waals surface area contributed by atoms with Crippen molar-refractivity contribution in [3.05, 3.63) is 22.7 Å². The van der Waals surface area contributed by atoms with Crippen molar-refractivity contribution >= 4 is 40.7 Å². The van der Waals surface area contributed by atoms with Gasteiger partial charge in [-0.25, -0.2) is 0 Å². The van der Waals surface area contributed by atoms with Gasteiger partial charge in [-0.05, 0) is 18.4 Å². The SMILES string of the molecule is CSc1cc2c(cc1Cl)C(=O)C(=O)N2. The molecule has 5 heteroatoms. The summed E-state index contributed by atoms with van der Waals surface area (Å²) in [6.45, 7) is 0. The summed E-state index contributed by atoms with van der Waals surface area (Å²) in [5.74, 6) is -1.11. The molecule has 1 aromatic rings. The molecular weight excluding hydrogens is 222 g/mol. The van der Waals surface area contributed by atoms with Crippen LogP contribution >= 0.6 is 23.4 Å². The smallest absolute Gasteiger partial charge is 0.296 e. The summed E-state index contributed by atoms with van der Waals surface area (Å²) in [5.41, 5.74) is 0.909. The van der Waals surface area contributed by atoms with E-state index in [1.807, 2.05) is 6.26 Å². The van der Waals surface area contributed by atoms with Crippen molar-refractivity contribution in [3.8, 4) is 0 Å². The first-order valence-corrected chi connectivity index (χ1v) is 5.47. The third-order valence-electron chi connectivity index (χ3n) is 1.99. The number of benzene rings is 1. The molecule has 14 heavy (non-hydrogen) atoms. The van der Waals surface area contributed by atoms with Crippen LogP contribution in [0.15, 0.2) is 17.0 Å². The van der Waals surface area contributed by atoms with Gasteiger partial charge in [-0.3, -0.25) is 9.59 Å². The lowest BCUT2D eigenvalue weighted by atomic mass is 10.1. The van der Waals surface area contributed by atoms with Crippen LogP contribution in [0, 0.1) is 0 Å². The number of nitrogens with one attached hydrogen (secondary N) is 1. The van der Waals surface area contributed by atoms with Crippen molar-refractivity contribution in [1.82, 2.24) is 0 Å². The lowest BCUT2D eigenvalue weighted by Crippen LogP contribution is -2.12. The summed E-state index contributed by atoms with van der Waals surface area (Å²) in [4.78, 5) is 23.1. The number of Topliss-reactive ketones (excluding diaryl/α,β-unsaturated/α-hetero) is 1.